The maximum atomic E-state index is 13.0. The van der Waals surface area contributed by atoms with Crippen LogP contribution >= 0.6 is 11.6 Å². The smallest absolute Gasteiger partial charge is 0.375 e. The number of hydrogen-bond donors (Lipinski definition) is 2. The summed E-state index contributed by atoms with van der Waals surface area (Å²) in [6.07, 6.45) is 0. The standard InChI is InChI=1S/C21H16ClN3O7/c1-31-14-6-4-3-5-12(14)24-20(29)17(26)15(18(27)21(30)32-2)16-19(28)25-13-9-10(22)7-8-11(13)23-16/h3-9,15H,1-2H3,(H,24,29)(H,25,28)/t15-/m0/s1. The van der Waals surface area contributed by atoms with Crippen molar-refractivity contribution in [3.05, 3.63) is 63.5 Å². The molecule has 2 aromatic carbocycles. The van der Waals surface area contributed by atoms with Crippen LogP contribution in [-0.2, 0) is 23.9 Å². The van der Waals surface area contributed by atoms with Gasteiger partial charge in [-0.15, -0.1) is 0 Å². The molecule has 0 aliphatic heterocycles. The van der Waals surface area contributed by atoms with Gasteiger partial charge in [0.2, 0.25) is 5.78 Å². The molecule has 1 heterocycles. The van der Waals surface area contributed by atoms with Crippen molar-refractivity contribution < 1.29 is 28.7 Å². The predicted octanol–water partition coefficient (Wildman–Crippen LogP) is 1.62. The molecule has 3 aromatic rings. The van der Waals surface area contributed by atoms with Gasteiger partial charge in [-0.05, 0) is 30.3 Å². The van der Waals surface area contributed by atoms with Crippen LogP contribution in [0.4, 0.5) is 5.69 Å². The van der Waals surface area contributed by atoms with Crippen molar-refractivity contribution >= 4 is 51.8 Å². The average Bonchev–Trinajstić information content (AvgIpc) is 2.79. The van der Waals surface area contributed by atoms with Gasteiger partial charge in [0.15, 0.2) is 0 Å². The molecule has 0 fully saturated rings. The topological polar surface area (TPSA) is 145 Å². The summed E-state index contributed by atoms with van der Waals surface area (Å²) in [6, 6.07) is 10.6. The Morgan fingerprint density at radius 3 is 2.47 bits per heavy atom. The highest BCUT2D eigenvalue weighted by molar-refractivity contribution is 6.52. The fraction of sp³-hybridized carbons (Fsp3) is 0.143. The predicted molar refractivity (Wildman–Crippen MR) is 114 cm³/mol. The van der Waals surface area contributed by atoms with Crippen molar-refractivity contribution in [3.8, 4) is 5.75 Å². The van der Waals surface area contributed by atoms with E-state index in [0.29, 0.717) is 5.02 Å². The van der Waals surface area contributed by atoms with Gasteiger partial charge in [0.25, 0.3) is 17.2 Å². The SMILES string of the molecule is COC(=O)C(=O)[C@H](C(=O)C(=O)Nc1ccccc1OC)c1nc2ccc(Cl)cc2[nH]c1=O. The zero-order chi connectivity index (χ0) is 23.4. The average molecular weight is 458 g/mol. The summed E-state index contributed by atoms with van der Waals surface area (Å²) in [5.41, 5.74) is -1.01. The number of para-hydroxylation sites is 2. The quantitative estimate of drug-likeness (QED) is 0.309. The van der Waals surface area contributed by atoms with Crippen molar-refractivity contribution in [1.82, 2.24) is 9.97 Å². The molecule has 3 rings (SSSR count). The number of ketones is 2. The van der Waals surface area contributed by atoms with E-state index in [9.17, 15) is 24.0 Å². The number of methoxy groups -OCH3 is 2. The number of benzene rings is 2. The van der Waals surface area contributed by atoms with E-state index in [-0.39, 0.29) is 22.5 Å². The number of fused-ring (bicyclic) bond motifs is 1. The molecule has 2 N–H and O–H groups in total. The monoisotopic (exact) mass is 457 g/mol. The lowest BCUT2D eigenvalue weighted by Gasteiger charge is -2.14. The number of halogens is 1. The maximum Gasteiger partial charge on any atom is 0.375 e. The summed E-state index contributed by atoms with van der Waals surface area (Å²) in [5.74, 6) is -7.33. The molecule has 32 heavy (non-hydrogen) atoms. The first kappa shape index (κ1) is 22.6. The number of hydrogen-bond acceptors (Lipinski definition) is 8. The van der Waals surface area contributed by atoms with Crippen LogP contribution in [-0.4, -0.2) is 47.6 Å². The second-order valence-electron chi connectivity index (χ2n) is 6.42. The fourth-order valence-electron chi connectivity index (χ4n) is 2.92. The van der Waals surface area contributed by atoms with Crippen molar-refractivity contribution in [2.75, 3.05) is 19.5 Å². The molecule has 164 valence electrons. The molecule has 0 radical (unpaired) electrons. The number of H-pyrrole nitrogens is 1. The summed E-state index contributed by atoms with van der Waals surface area (Å²) in [4.78, 5) is 69.2. The molecule has 1 amide bonds. The third kappa shape index (κ3) is 4.49. The van der Waals surface area contributed by atoms with Gasteiger partial charge < -0.3 is 19.8 Å². The lowest BCUT2D eigenvalue weighted by molar-refractivity contribution is -0.154. The number of nitrogens with one attached hydrogen (secondary N) is 2. The highest BCUT2D eigenvalue weighted by atomic mass is 35.5. The maximum absolute atomic E-state index is 13.0. The molecule has 0 aliphatic rings. The van der Waals surface area contributed by atoms with Crippen LogP contribution in [0.5, 0.6) is 5.75 Å². The molecule has 0 aliphatic carbocycles. The number of Topliss-reactive ketones (excluding diaryl/α,β-unsaturated/α-hetero) is 2. The van der Waals surface area contributed by atoms with Gasteiger partial charge in [-0.2, -0.15) is 0 Å². The van der Waals surface area contributed by atoms with Crippen LogP contribution in [0.15, 0.2) is 47.3 Å². The third-order valence-corrected chi connectivity index (χ3v) is 4.68. The van der Waals surface area contributed by atoms with E-state index in [1.165, 1.54) is 37.4 Å². The Kier molecular flexibility index (Phi) is 6.64. The summed E-state index contributed by atoms with van der Waals surface area (Å²) in [5, 5.41) is 2.63. The number of esters is 1. The number of carbonyl (C=O) groups excluding carboxylic acids is 4. The van der Waals surface area contributed by atoms with Gasteiger partial charge in [0.05, 0.1) is 30.9 Å². The van der Waals surface area contributed by atoms with Crippen molar-refractivity contribution in [2.24, 2.45) is 0 Å². The highest BCUT2D eigenvalue weighted by Gasteiger charge is 2.40. The van der Waals surface area contributed by atoms with E-state index < -0.39 is 40.6 Å². The molecule has 0 saturated heterocycles. The Balaban J connectivity index is 2.07. The highest BCUT2D eigenvalue weighted by Crippen LogP contribution is 2.24. The van der Waals surface area contributed by atoms with E-state index >= 15 is 0 Å². The molecule has 0 spiro atoms. The Morgan fingerprint density at radius 2 is 1.78 bits per heavy atom. The van der Waals surface area contributed by atoms with Gasteiger partial charge in [-0.1, -0.05) is 23.7 Å². The number of aromatic amines is 1. The Hall–Kier alpha value is -4.05. The molecule has 0 bridgehead atoms. The first-order chi connectivity index (χ1) is 15.3. The second kappa shape index (κ2) is 9.40. The normalized spacial score (nSPS) is 11.5. The summed E-state index contributed by atoms with van der Waals surface area (Å²) in [6.45, 7) is 0. The molecule has 0 unspecified atom stereocenters. The van der Waals surface area contributed by atoms with Crippen molar-refractivity contribution in [2.45, 2.75) is 5.92 Å². The molecule has 1 atom stereocenters. The molecule has 1 aromatic heterocycles. The number of aromatic nitrogens is 2. The van der Waals surface area contributed by atoms with Crippen molar-refractivity contribution in [1.29, 1.82) is 0 Å². The molecule has 11 heteroatoms. The second-order valence-corrected chi connectivity index (χ2v) is 6.86. The van der Waals surface area contributed by atoms with E-state index in [1.807, 2.05) is 0 Å². The summed E-state index contributed by atoms with van der Waals surface area (Å²) in [7, 11) is 2.29. The van der Waals surface area contributed by atoms with Crippen LogP contribution in [0.1, 0.15) is 11.6 Å². The Morgan fingerprint density at radius 1 is 1.06 bits per heavy atom. The first-order valence-electron chi connectivity index (χ1n) is 9.06. The Bertz CT molecular complexity index is 1300. The van der Waals surface area contributed by atoms with Gasteiger partial charge >= 0.3 is 5.97 Å². The molecular weight excluding hydrogens is 442 g/mol. The first-order valence-corrected chi connectivity index (χ1v) is 9.44. The van der Waals surface area contributed by atoms with E-state index in [4.69, 9.17) is 16.3 Å². The minimum absolute atomic E-state index is 0.146. The summed E-state index contributed by atoms with van der Waals surface area (Å²) >= 11 is 5.90. The van der Waals surface area contributed by atoms with Gasteiger partial charge in [-0.25, -0.2) is 9.78 Å². The third-order valence-electron chi connectivity index (χ3n) is 4.44. The zero-order valence-electron chi connectivity index (χ0n) is 16.8. The zero-order valence-corrected chi connectivity index (χ0v) is 17.6. The lowest BCUT2D eigenvalue weighted by Crippen LogP contribution is -2.39. The Labute approximate surface area is 185 Å². The molecule has 10 nitrogen and oxygen atoms in total. The number of rotatable bonds is 7. The molecule has 0 saturated carbocycles. The van der Waals surface area contributed by atoms with E-state index in [2.05, 4.69) is 20.0 Å². The number of ether oxygens (including phenoxy) is 2. The van der Waals surface area contributed by atoms with Crippen LogP contribution in [0.2, 0.25) is 5.02 Å². The summed E-state index contributed by atoms with van der Waals surface area (Å²) < 4.78 is 9.50. The van der Waals surface area contributed by atoms with Crippen LogP contribution in [0, 0.1) is 0 Å². The molecular formula is C21H16ClN3O7. The minimum atomic E-state index is -2.12. The van der Waals surface area contributed by atoms with Crippen LogP contribution < -0.4 is 15.6 Å². The minimum Gasteiger partial charge on any atom is -0.495 e. The number of carbonyl (C=O) groups is 4. The number of nitrogens with zero attached hydrogens (tertiary/aromatic N) is 1. The number of anilines is 1. The van der Waals surface area contributed by atoms with Crippen LogP contribution in [0.3, 0.4) is 0 Å². The fourth-order valence-corrected chi connectivity index (χ4v) is 3.09. The largest absolute Gasteiger partial charge is 0.495 e. The van der Waals surface area contributed by atoms with E-state index in [1.54, 1.807) is 12.1 Å². The van der Waals surface area contributed by atoms with Gasteiger partial charge in [0.1, 0.15) is 17.4 Å². The van der Waals surface area contributed by atoms with Crippen molar-refractivity contribution in [3.63, 3.8) is 0 Å². The number of amides is 1. The lowest BCUT2D eigenvalue weighted by atomic mass is 9.94. The van der Waals surface area contributed by atoms with Crippen LogP contribution in [0.25, 0.3) is 11.0 Å². The van der Waals surface area contributed by atoms with Gasteiger partial charge in [0, 0.05) is 5.02 Å². The van der Waals surface area contributed by atoms with E-state index in [0.717, 1.165) is 7.11 Å². The van der Waals surface area contributed by atoms with Gasteiger partial charge in [-0.3, -0.25) is 19.2 Å².